The number of furan rings is 1. The number of carbonyl (C=O) groups is 1. The Morgan fingerprint density at radius 1 is 1.09 bits per heavy atom. The zero-order valence-corrected chi connectivity index (χ0v) is 19.2. The van der Waals surface area contributed by atoms with E-state index in [1.807, 2.05) is 55.7 Å². The van der Waals surface area contributed by atoms with Gasteiger partial charge in [0.2, 0.25) is 0 Å². The van der Waals surface area contributed by atoms with Gasteiger partial charge in [-0.1, -0.05) is 6.92 Å². The number of urea groups is 1. The maximum Gasteiger partial charge on any atom is 0.323 e. The van der Waals surface area contributed by atoms with Crippen molar-refractivity contribution >= 4 is 28.4 Å². The minimum atomic E-state index is -0.277. The number of nitrogens with zero attached hydrogens (tertiary/aromatic N) is 1. The number of amides is 2. The molecule has 1 aromatic heterocycles. The van der Waals surface area contributed by atoms with Crippen molar-refractivity contribution in [3.8, 4) is 5.75 Å². The molecule has 0 radical (unpaired) electrons. The van der Waals surface area contributed by atoms with Gasteiger partial charge in [-0.25, -0.2) is 4.79 Å². The zero-order chi connectivity index (χ0) is 22.5. The molecular weight excluding hydrogens is 402 g/mol. The Labute approximate surface area is 189 Å². The van der Waals surface area contributed by atoms with Crippen LogP contribution in [-0.4, -0.2) is 36.7 Å². The predicted molar refractivity (Wildman–Crippen MR) is 130 cm³/mol. The van der Waals surface area contributed by atoms with E-state index >= 15 is 0 Å². The largest absolute Gasteiger partial charge is 0.494 e. The maximum absolute atomic E-state index is 12.5. The molecule has 0 bridgehead atoms. The normalized spacial score (nSPS) is 16.1. The highest BCUT2D eigenvalue weighted by Gasteiger charge is 2.25. The molecule has 1 saturated heterocycles. The molecule has 2 N–H and O–H groups in total. The van der Waals surface area contributed by atoms with Crippen LogP contribution < -0.4 is 15.4 Å². The van der Waals surface area contributed by atoms with Crippen molar-refractivity contribution in [3.63, 3.8) is 0 Å². The van der Waals surface area contributed by atoms with E-state index in [0.29, 0.717) is 24.3 Å². The molecule has 1 unspecified atom stereocenters. The molecule has 32 heavy (non-hydrogen) atoms. The van der Waals surface area contributed by atoms with Gasteiger partial charge < -0.3 is 24.7 Å². The molecule has 1 fully saturated rings. The number of hydrogen-bond donors (Lipinski definition) is 2. The number of hydrogen-bond acceptors (Lipinski definition) is 4. The van der Waals surface area contributed by atoms with Crippen LogP contribution in [0, 0.1) is 0 Å². The summed E-state index contributed by atoms with van der Waals surface area (Å²) in [4.78, 5) is 15.1. The van der Waals surface area contributed by atoms with E-state index in [9.17, 15) is 4.79 Å². The molecule has 1 atom stereocenters. The Bertz CT molecular complexity index is 1040. The number of benzene rings is 2. The third-order valence-electron chi connectivity index (χ3n) is 6.47. The summed E-state index contributed by atoms with van der Waals surface area (Å²) >= 11 is 0. The van der Waals surface area contributed by atoms with E-state index in [1.165, 1.54) is 12.0 Å². The number of ether oxygens (including phenoxy) is 1. The highest BCUT2D eigenvalue weighted by Crippen LogP contribution is 2.36. The average molecular weight is 436 g/mol. The number of fused-ring (bicyclic) bond motifs is 1. The number of likely N-dealkylation sites (tertiary alicyclic amines) is 1. The fourth-order valence-electron chi connectivity index (χ4n) is 4.45. The maximum atomic E-state index is 12.5. The number of piperidine rings is 1. The minimum absolute atomic E-state index is 0.277. The van der Waals surface area contributed by atoms with Gasteiger partial charge >= 0.3 is 6.03 Å². The molecule has 2 amide bonds. The minimum Gasteiger partial charge on any atom is -0.494 e. The third kappa shape index (κ3) is 5.07. The number of carbonyl (C=O) groups excluding carboxylic acids is 1. The van der Waals surface area contributed by atoms with Crippen LogP contribution in [0.3, 0.4) is 0 Å². The molecule has 3 aromatic rings. The highest BCUT2D eigenvalue weighted by atomic mass is 16.5. The summed E-state index contributed by atoms with van der Waals surface area (Å²) < 4.78 is 11.3. The topological polar surface area (TPSA) is 66.7 Å². The van der Waals surface area contributed by atoms with Gasteiger partial charge in [0.25, 0.3) is 0 Å². The number of nitrogens with one attached hydrogen (secondary N) is 2. The van der Waals surface area contributed by atoms with Crippen LogP contribution >= 0.6 is 0 Å². The first-order valence-electron chi connectivity index (χ1n) is 11.6. The van der Waals surface area contributed by atoms with E-state index in [2.05, 4.69) is 29.4 Å². The smallest absolute Gasteiger partial charge is 0.323 e. The van der Waals surface area contributed by atoms with Gasteiger partial charge in [0.1, 0.15) is 11.3 Å². The van der Waals surface area contributed by atoms with Crippen LogP contribution in [0.15, 0.2) is 53.1 Å². The summed E-state index contributed by atoms with van der Waals surface area (Å²) in [6.45, 7) is 9.36. The van der Waals surface area contributed by atoms with Crippen molar-refractivity contribution in [2.45, 2.75) is 52.0 Å². The van der Waals surface area contributed by atoms with Gasteiger partial charge in [-0.05, 0) is 94.6 Å². The lowest BCUT2D eigenvalue weighted by molar-refractivity contribution is 0.158. The van der Waals surface area contributed by atoms with Gasteiger partial charge in [-0.15, -0.1) is 0 Å². The summed E-state index contributed by atoms with van der Waals surface area (Å²) in [6.07, 6.45) is 5.36. The van der Waals surface area contributed by atoms with Gasteiger partial charge in [0, 0.05) is 28.4 Å². The first kappa shape index (κ1) is 22.2. The van der Waals surface area contributed by atoms with Gasteiger partial charge in [-0.2, -0.15) is 0 Å². The molecular formula is C26H33N3O3. The van der Waals surface area contributed by atoms with Crippen molar-refractivity contribution in [1.82, 2.24) is 4.90 Å². The Hall–Kier alpha value is -2.99. The molecule has 0 aliphatic carbocycles. The average Bonchev–Trinajstić information content (AvgIpc) is 3.23. The first-order chi connectivity index (χ1) is 15.6. The third-order valence-corrected chi connectivity index (χ3v) is 6.47. The van der Waals surface area contributed by atoms with Crippen molar-refractivity contribution in [1.29, 1.82) is 0 Å². The molecule has 170 valence electrons. The molecule has 0 spiro atoms. The summed E-state index contributed by atoms with van der Waals surface area (Å²) in [5, 5.41) is 6.90. The molecule has 2 aromatic carbocycles. The second kappa shape index (κ2) is 10.1. The first-order valence-corrected chi connectivity index (χ1v) is 11.6. The molecule has 6 nitrogen and oxygen atoms in total. The standard InChI is InChI=1S/C26H33N3O3/c1-4-18(3)29-14-12-19(13-15-29)24-17-32-25-11-8-21(16-23(24)25)28-26(30)27-20-6-9-22(10-7-20)31-5-2/h6-11,16-19H,4-5,12-15H2,1-3H3,(H2,27,28,30). The van der Waals surface area contributed by atoms with Crippen LogP contribution in [0.1, 0.15) is 51.5 Å². The number of rotatable bonds is 7. The molecule has 1 aliphatic rings. The Kier molecular flexibility index (Phi) is 7.00. The lowest BCUT2D eigenvalue weighted by Gasteiger charge is -2.35. The summed E-state index contributed by atoms with van der Waals surface area (Å²) in [5.41, 5.74) is 3.57. The predicted octanol–water partition coefficient (Wildman–Crippen LogP) is 6.45. The number of anilines is 2. The fraction of sp³-hybridized carbons (Fsp3) is 0.423. The van der Waals surface area contributed by atoms with Gasteiger partial charge in [0.15, 0.2) is 0 Å². The van der Waals surface area contributed by atoms with Gasteiger partial charge in [0.05, 0.1) is 12.9 Å². The second-order valence-corrected chi connectivity index (χ2v) is 8.51. The molecule has 6 heteroatoms. The molecule has 2 heterocycles. The van der Waals surface area contributed by atoms with Crippen LogP contribution in [0.25, 0.3) is 11.0 Å². The van der Waals surface area contributed by atoms with E-state index in [4.69, 9.17) is 9.15 Å². The van der Waals surface area contributed by atoms with E-state index < -0.39 is 0 Å². The Morgan fingerprint density at radius 2 is 1.78 bits per heavy atom. The van der Waals surface area contributed by atoms with E-state index in [-0.39, 0.29) is 6.03 Å². The van der Waals surface area contributed by atoms with Crippen molar-refractivity contribution in [2.24, 2.45) is 0 Å². The lowest BCUT2D eigenvalue weighted by atomic mass is 9.88. The molecule has 0 saturated carbocycles. The van der Waals surface area contributed by atoms with E-state index in [1.54, 1.807) is 0 Å². The Morgan fingerprint density at radius 3 is 2.47 bits per heavy atom. The summed E-state index contributed by atoms with van der Waals surface area (Å²) in [5.74, 6) is 1.27. The second-order valence-electron chi connectivity index (χ2n) is 8.51. The van der Waals surface area contributed by atoms with Crippen molar-refractivity contribution < 1.29 is 13.9 Å². The zero-order valence-electron chi connectivity index (χ0n) is 19.2. The Balaban J connectivity index is 1.41. The van der Waals surface area contributed by atoms with E-state index in [0.717, 1.165) is 48.3 Å². The fourth-order valence-corrected chi connectivity index (χ4v) is 4.45. The van der Waals surface area contributed by atoms with Crippen molar-refractivity contribution in [3.05, 3.63) is 54.3 Å². The van der Waals surface area contributed by atoms with Crippen molar-refractivity contribution in [2.75, 3.05) is 30.3 Å². The highest BCUT2D eigenvalue weighted by molar-refractivity contribution is 6.01. The molecule has 1 aliphatic heterocycles. The molecule has 4 rings (SSSR count). The summed E-state index contributed by atoms with van der Waals surface area (Å²) in [7, 11) is 0. The van der Waals surface area contributed by atoms with Crippen LogP contribution in [0.4, 0.5) is 16.2 Å². The van der Waals surface area contributed by atoms with Crippen LogP contribution in [0.5, 0.6) is 5.75 Å². The monoisotopic (exact) mass is 435 g/mol. The van der Waals surface area contributed by atoms with Crippen LogP contribution in [-0.2, 0) is 0 Å². The SMILES string of the molecule is CCOc1ccc(NC(=O)Nc2ccc3occ(C4CCN(C(C)CC)CC4)c3c2)cc1. The summed E-state index contributed by atoms with van der Waals surface area (Å²) in [6, 6.07) is 13.5. The van der Waals surface area contributed by atoms with Gasteiger partial charge in [-0.3, -0.25) is 0 Å². The van der Waals surface area contributed by atoms with Crippen LogP contribution in [0.2, 0.25) is 0 Å². The quantitative estimate of drug-likeness (QED) is 0.447. The lowest BCUT2D eigenvalue weighted by Crippen LogP contribution is -2.39.